The molecule has 1 aromatic heterocycles. The minimum Gasteiger partial charge on any atom is -0.365 e. The lowest BCUT2D eigenvalue weighted by Crippen LogP contribution is -2.41. The third kappa shape index (κ3) is 2.88. The second-order valence-electron chi connectivity index (χ2n) is 5.13. The van der Waals surface area contributed by atoms with Gasteiger partial charge in [0.15, 0.2) is 12.4 Å². The van der Waals surface area contributed by atoms with Gasteiger partial charge in [-0.05, 0) is 6.07 Å². The van der Waals surface area contributed by atoms with Crippen LogP contribution in [0.2, 0.25) is 0 Å². The summed E-state index contributed by atoms with van der Waals surface area (Å²) in [6, 6.07) is 24.0. The standard InChI is InChI=1S/C19H16N2O/c20-19(22)17-12-7-13-21(14-17)18(15-8-3-1-4-9-15)16-10-5-2-6-11-16/h1-14,18H,(H-,20,22)/p+1. The van der Waals surface area contributed by atoms with Crippen LogP contribution in [0.15, 0.2) is 85.2 Å². The van der Waals surface area contributed by atoms with Crippen LogP contribution in [0.25, 0.3) is 0 Å². The van der Waals surface area contributed by atoms with E-state index in [0.717, 1.165) is 11.1 Å². The van der Waals surface area contributed by atoms with E-state index < -0.39 is 5.91 Å². The van der Waals surface area contributed by atoms with Crippen molar-refractivity contribution < 1.29 is 9.36 Å². The third-order valence-electron chi connectivity index (χ3n) is 3.64. The average molecular weight is 289 g/mol. The van der Waals surface area contributed by atoms with Gasteiger partial charge in [-0.15, -0.1) is 0 Å². The lowest BCUT2D eigenvalue weighted by molar-refractivity contribution is -0.705. The quantitative estimate of drug-likeness (QED) is 0.738. The van der Waals surface area contributed by atoms with Crippen LogP contribution in [0.1, 0.15) is 27.5 Å². The summed E-state index contributed by atoms with van der Waals surface area (Å²) < 4.78 is 2.02. The van der Waals surface area contributed by atoms with Crippen molar-refractivity contribution in [2.75, 3.05) is 0 Å². The summed E-state index contributed by atoms with van der Waals surface area (Å²) in [6.07, 6.45) is 3.75. The molecular weight excluding hydrogens is 272 g/mol. The predicted octanol–water partition coefficient (Wildman–Crippen LogP) is 2.71. The smallest absolute Gasteiger partial charge is 0.254 e. The van der Waals surface area contributed by atoms with Crippen LogP contribution < -0.4 is 10.3 Å². The molecule has 0 aliphatic carbocycles. The van der Waals surface area contributed by atoms with Gasteiger partial charge in [0.25, 0.3) is 5.91 Å². The minimum atomic E-state index is -0.422. The molecule has 0 saturated heterocycles. The van der Waals surface area contributed by atoms with E-state index in [1.807, 2.05) is 53.2 Å². The average Bonchev–Trinajstić information content (AvgIpc) is 2.57. The molecule has 0 radical (unpaired) electrons. The van der Waals surface area contributed by atoms with Gasteiger partial charge in [-0.25, -0.2) is 0 Å². The molecule has 0 unspecified atom stereocenters. The van der Waals surface area contributed by atoms with Gasteiger partial charge in [0.05, 0.1) is 0 Å². The van der Waals surface area contributed by atoms with Crippen LogP contribution in [0.4, 0.5) is 0 Å². The lowest BCUT2D eigenvalue weighted by atomic mass is 9.98. The van der Waals surface area contributed by atoms with Gasteiger partial charge < -0.3 is 5.73 Å². The molecule has 0 saturated carbocycles. The van der Waals surface area contributed by atoms with Crippen molar-refractivity contribution in [3.05, 3.63) is 102 Å². The summed E-state index contributed by atoms with van der Waals surface area (Å²) in [7, 11) is 0. The minimum absolute atomic E-state index is 0.00157. The number of hydrogen-bond acceptors (Lipinski definition) is 1. The van der Waals surface area contributed by atoms with Crippen molar-refractivity contribution in [3.63, 3.8) is 0 Å². The summed E-state index contributed by atoms with van der Waals surface area (Å²) in [5.41, 5.74) is 8.21. The fourth-order valence-corrected chi connectivity index (χ4v) is 2.61. The highest BCUT2D eigenvalue weighted by Gasteiger charge is 2.23. The van der Waals surface area contributed by atoms with E-state index in [0.29, 0.717) is 5.56 Å². The number of benzene rings is 2. The lowest BCUT2D eigenvalue weighted by Gasteiger charge is -2.13. The van der Waals surface area contributed by atoms with Gasteiger partial charge in [-0.2, -0.15) is 4.57 Å². The molecule has 1 amide bonds. The number of aromatic nitrogens is 1. The molecule has 3 rings (SSSR count). The molecule has 22 heavy (non-hydrogen) atoms. The van der Waals surface area contributed by atoms with Crippen LogP contribution in [0, 0.1) is 0 Å². The summed E-state index contributed by atoms with van der Waals surface area (Å²) >= 11 is 0. The first kappa shape index (κ1) is 14.0. The normalized spacial score (nSPS) is 10.6. The molecule has 0 aliphatic heterocycles. The van der Waals surface area contributed by atoms with Crippen LogP contribution in [-0.2, 0) is 0 Å². The van der Waals surface area contributed by atoms with Crippen molar-refractivity contribution in [1.29, 1.82) is 0 Å². The van der Waals surface area contributed by atoms with Crippen LogP contribution in [-0.4, -0.2) is 5.91 Å². The topological polar surface area (TPSA) is 47.0 Å². The van der Waals surface area contributed by atoms with Crippen LogP contribution in [0.3, 0.4) is 0 Å². The first-order chi connectivity index (χ1) is 10.8. The second-order valence-corrected chi connectivity index (χ2v) is 5.13. The highest BCUT2D eigenvalue weighted by molar-refractivity contribution is 5.92. The number of rotatable bonds is 4. The van der Waals surface area contributed by atoms with Gasteiger partial charge in [0.1, 0.15) is 5.56 Å². The first-order valence-corrected chi connectivity index (χ1v) is 7.16. The molecule has 1 heterocycles. The summed E-state index contributed by atoms with van der Waals surface area (Å²) in [6.45, 7) is 0. The Morgan fingerprint density at radius 1 is 0.818 bits per heavy atom. The Morgan fingerprint density at radius 2 is 1.36 bits per heavy atom. The number of pyridine rings is 1. The maximum Gasteiger partial charge on any atom is 0.254 e. The number of carbonyl (C=O) groups is 1. The van der Waals surface area contributed by atoms with Gasteiger partial charge in [0, 0.05) is 17.2 Å². The van der Waals surface area contributed by atoms with Crippen molar-refractivity contribution >= 4 is 5.91 Å². The molecule has 0 bridgehead atoms. The fourth-order valence-electron chi connectivity index (χ4n) is 2.61. The van der Waals surface area contributed by atoms with Gasteiger partial charge in [-0.3, -0.25) is 4.79 Å². The molecule has 3 aromatic rings. The summed E-state index contributed by atoms with van der Waals surface area (Å²) in [5.74, 6) is -0.422. The summed E-state index contributed by atoms with van der Waals surface area (Å²) in [5, 5.41) is 0. The maximum absolute atomic E-state index is 11.5. The molecular formula is C19H17N2O+. The van der Waals surface area contributed by atoms with Crippen LogP contribution >= 0.6 is 0 Å². The van der Waals surface area contributed by atoms with Crippen LogP contribution in [0.5, 0.6) is 0 Å². The molecule has 108 valence electrons. The second kappa shape index (κ2) is 6.22. The van der Waals surface area contributed by atoms with Gasteiger partial charge in [0.2, 0.25) is 6.04 Å². The van der Waals surface area contributed by atoms with E-state index in [1.165, 1.54) is 0 Å². The van der Waals surface area contributed by atoms with E-state index in [-0.39, 0.29) is 6.04 Å². The Morgan fingerprint density at radius 3 is 1.86 bits per heavy atom. The summed E-state index contributed by atoms with van der Waals surface area (Å²) in [4.78, 5) is 11.5. The predicted molar refractivity (Wildman–Crippen MR) is 85.3 cm³/mol. The Hall–Kier alpha value is -2.94. The first-order valence-electron chi connectivity index (χ1n) is 7.16. The Bertz CT molecular complexity index is 730. The largest absolute Gasteiger partial charge is 0.365 e. The molecule has 3 nitrogen and oxygen atoms in total. The SMILES string of the molecule is NC(=O)c1ccc[n+](C(c2ccccc2)c2ccccc2)c1. The van der Waals surface area contributed by atoms with E-state index in [1.54, 1.807) is 12.3 Å². The fraction of sp³-hybridized carbons (Fsp3) is 0.0526. The van der Waals surface area contributed by atoms with Crippen molar-refractivity contribution in [3.8, 4) is 0 Å². The van der Waals surface area contributed by atoms with Crippen molar-refractivity contribution in [2.45, 2.75) is 6.04 Å². The Balaban J connectivity index is 2.14. The van der Waals surface area contributed by atoms with E-state index in [4.69, 9.17) is 5.73 Å². The molecule has 3 heteroatoms. The monoisotopic (exact) mass is 289 g/mol. The maximum atomic E-state index is 11.5. The number of nitrogens with two attached hydrogens (primary N) is 1. The number of amides is 1. The van der Waals surface area contributed by atoms with Gasteiger partial charge >= 0.3 is 0 Å². The molecule has 0 fully saturated rings. The van der Waals surface area contributed by atoms with Crippen molar-refractivity contribution in [2.24, 2.45) is 5.73 Å². The van der Waals surface area contributed by atoms with E-state index in [9.17, 15) is 4.79 Å². The highest BCUT2D eigenvalue weighted by atomic mass is 16.1. The number of carbonyl (C=O) groups excluding carboxylic acids is 1. The molecule has 0 atom stereocenters. The number of hydrogen-bond donors (Lipinski definition) is 1. The van der Waals surface area contributed by atoms with E-state index in [2.05, 4.69) is 24.3 Å². The highest BCUT2D eigenvalue weighted by Crippen LogP contribution is 2.21. The Labute approximate surface area is 129 Å². The third-order valence-corrected chi connectivity index (χ3v) is 3.64. The van der Waals surface area contributed by atoms with E-state index >= 15 is 0 Å². The molecule has 0 spiro atoms. The number of primary amides is 1. The number of nitrogens with zero attached hydrogens (tertiary/aromatic N) is 1. The zero-order chi connectivity index (χ0) is 15.4. The molecule has 2 N–H and O–H groups in total. The van der Waals surface area contributed by atoms with Gasteiger partial charge in [-0.1, -0.05) is 60.7 Å². The zero-order valence-electron chi connectivity index (χ0n) is 12.1. The molecule has 2 aromatic carbocycles. The van der Waals surface area contributed by atoms with Crippen molar-refractivity contribution in [1.82, 2.24) is 0 Å². The molecule has 0 aliphatic rings. The zero-order valence-corrected chi connectivity index (χ0v) is 12.1. The Kier molecular flexibility index (Phi) is 3.97.